The van der Waals surface area contributed by atoms with Crippen LogP contribution in [0.5, 0.6) is 11.5 Å². The number of fused-ring (bicyclic) bond motifs is 3. The molecule has 5 atom stereocenters. The molecule has 2 aliphatic heterocycles. The van der Waals surface area contributed by atoms with Crippen molar-refractivity contribution in [2.75, 3.05) is 30.8 Å². The van der Waals surface area contributed by atoms with Gasteiger partial charge in [0.15, 0.2) is 5.13 Å². The number of hydrogen-bond donors (Lipinski definition) is 5. The summed E-state index contributed by atoms with van der Waals surface area (Å²) in [5.41, 5.74) is 0.546. The summed E-state index contributed by atoms with van der Waals surface area (Å²) in [6.45, 7) is 9.82. The zero-order chi connectivity index (χ0) is 45.8. The molecule has 2 fully saturated rings. The lowest BCUT2D eigenvalue weighted by molar-refractivity contribution is -0.140. The number of pyridine rings is 1. The Morgan fingerprint density at radius 1 is 1.03 bits per heavy atom. The molecular formula is C46H58N8O8S2. The minimum Gasteiger partial charge on any atom is -0.497 e. The van der Waals surface area contributed by atoms with Gasteiger partial charge in [0, 0.05) is 67.2 Å². The molecule has 2 aromatic carbocycles. The number of aromatic nitrogens is 2. The summed E-state index contributed by atoms with van der Waals surface area (Å²) in [4.78, 5) is 66.6. The second kappa shape index (κ2) is 19.6. The summed E-state index contributed by atoms with van der Waals surface area (Å²) in [6.07, 6.45) is 6.66. The topological polar surface area (TPSA) is 210 Å². The average molecular weight is 915 g/mol. The maximum atomic E-state index is 14.8. The molecule has 4 amide bonds. The Hall–Kier alpha value is -5.75. The Morgan fingerprint density at radius 2 is 1.83 bits per heavy atom. The van der Waals surface area contributed by atoms with Crippen LogP contribution < -0.4 is 35.5 Å². The Kier molecular flexibility index (Phi) is 14.1. The number of likely N-dealkylation sites (tertiary alicyclic amines) is 1. The maximum absolute atomic E-state index is 14.8. The molecule has 0 bridgehead atoms. The Morgan fingerprint density at radius 3 is 2.58 bits per heavy atom. The molecule has 18 heteroatoms. The Labute approximate surface area is 378 Å². The van der Waals surface area contributed by atoms with E-state index in [1.165, 1.54) is 29.2 Å². The highest BCUT2D eigenvalue weighted by Gasteiger charge is 2.61. The van der Waals surface area contributed by atoms with E-state index in [1.807, 2.05) is 51.3 Å². The number of benzene rings is 2. The molecule has 1 saturated carbocycles. The number of nitrogens with one attached hydrogen (secondary N) is 5. The number of ether oxygens (including phenoxy) is 2. The smallest absolute Gasteiger partial charge is 0.266 e. The number of nitrogens with zero attached hydrogens (tertiary/aromatic N) is 3. The third kappa shape index (κ3) is 10.6. The van der Waals surface area contributed by atoms with Gasteiger partial charge < -0.3 is 35.6 Å². The number of thiazole rings is 1. The van der Waals surface area contributed by atoms with Crippen LogP contribution in [-0.2, 0) is 29.2 Å². The first-order chi connectivity index (χ1) is 30.6. The minimum atomic E-state index is -4.37. The molecule has 5 N–H and O–H groups in total. The van der Waals surface area contributed by atoms with Crippen molar-refractivity contribution in [2.45, 2.75) is 114 Å². The van der Waals surface area contributed by atoms with Crippen LogP contribution in [-0.4, -0.2) is 96.9 Å². The van der Waals surface area contributed by atoms with Crippen molar-refractivity contribution in [2.24, 2.45) is 11.8 Å². The van der Waals surface area contributed by atoms with Crippen molar-refractivity contribution >= 4 is 66.7 Å². The predicted octanol–water partition coefficient (Wildman–Crippen LogP) is 6.01. The van der Waals surface area contributed by atoms with E-state index in [1.54, 1.807) is 43.5 Å². The van der Waals surface area contributed by atoms with E-state index in [0.717, 1.165) is 30.8 Å². The molecule has 342 valence electrons. The average Bonchev–Trinajstić information content (AvgIpc) is 3.51. The van der Waals surface area contributed by atoms with Gasteiger partial charge in [-0.2, -0.15) is 0 Å². The van der Waals surface area contributed by atoms with Crippen molar-refractivity contribution in [3.05, 3.63) is 66.1 Å². The van der Waals surface area contributed by atoms with E-state index in [9.17, 15) is 27.6 Å². The van der Waals surface area contributed by atoms with Gasteiger partial charge in [0.25, 0.3) is 15.9 Å². The number of anilines is 2. The van der Waals surface area contributed by atoms with E-state index >= 15 is 0 Å². The number of rotatable bonds is 12. The maximum Gasteiger partial charge on any atom is 0.266 e. The van der Waals surface area contributed by atoms with Crippen LogP contribution in [0.2, 0.25) is 0 Å². The van der Waals surface area contributed by atoms with Gasteiger partial charge in [-0.25, -0.2) is 23.1 Å². The van der Waals surface area contributed by atoms with Crippen LogP contribution in [0.25, 0.3) is 22.3 Å². The lowest BCUT2D eigenvalue weighted by atomic mass is 10.00. The second-order valence-corrected chi connectivity index (χ2v) is 19.9. The molecule has 1 aliphatic carbocycles. The monoisotopic (exact) mass is 914 g/mol. The van der Waals surface area contributed by atoms with Crippen molar-refractivity contribution in [3.63, 3.8) is 0 Å². The van der Waals surface area contributed by atoms with Crippen LogP contribution in [0, 0.1) is 11.8 Å². The molecule has 2 aromatic heterocycles. The standard InChI is InChI=1S/C46H58N8O8S2/c1-27(2)35(49-29(5)55)23-42(56)54-25-32(62-40-22-37(38-26-63-45(51-38)48-28(3)4)50-36-20-31(61-6)17-18-33(36)40)21-39(54)43(57)52-46-24-30(46)14-10-8-7-9-13-19-47-34-15-11-12-16-41(34)64(59,60)53-44(46)58/h10-12,14-18,20,22,26-28,30,32,35,39,47H,7-9,13,19,21,23-25H2,1-6H3,(H,48,51)(H,49,55)(H,52,57)(H,53,58)/b14-10-/t30?,32-,35-,39+,46-/m1/s1. The predicted molar refractivity (Wildman–Crippen MR) is 247 cm³/mol. The third-order valence-corrected chi connectivity index (χ3v) is 14.0. The van der Waals surface area contributed by atoms with E-state index in [4.69, 9.17) is 19.4 Å². The van der Waals surface area contributed by atoms with Crippen molar-refractivity contribution < 1.29 is 37.1 Å². The molecule has 1 unspecified atom stereocenters. The normalized spacial score (nSPS) is 23.0. The zero-order valence-electron chi connectivity index (χ0n) is 37.1. The van der Waals surface area contributed by atoms with Gasteiger partial charge in [0.2, 0.25) is 17.7 Å². The molecule has 16 nitrogen and oxygen atoms in total. The molecule has 0 spiro atoms. The molecule has 64 heavy (non-hydrogen) atoms. The number of para-hydroxylation sites is 1. The Bertz CT molecular complexity index is 2530. The second-order valence-electron chi connectivity index (χ2n) is 17.4. The van der Waals surface area contributed by atoms with Crippen LogP contribution in [0.1, 0.15) is 79.6 Å². The highest BCUT2D eigenvalue weighted by atomic mass is 32.2. The third-order valence-electron chi connectivity index (χ3n) is 11.8. The van der Waals surface area contributed by atoms with Gasteiger partial charge in [-0.15, -0.1) is 11.3 Å². The van der Waals surface area contributed by atoms with E-state index < -0.39 is 51.5 Å². The van der Waals surface area contributed by atoms with E-state index in [0.29, 0.717) is 46.0 Å². The van der Waals surface area contributed by atoms with Gasteiger partial charge in [-0.05, 0) is 69.7 Å². The fourth-order valence-electron chi connectivity index (χ4n) is 8.29. The lowest BCUT2D eigenvalue weighted by Crippen LogP contribution is -2.56. The van der Waals surface area contributed by atoms with Crippen LogP contribution in [0.4, 0.5) is 10.8 Å². The molecule has 7 rings (SSSR count). The molecule has 4 heterocycles. The zero-order valence-corrected chi connectivity index (χ0v) is 38.7. The van der Waals surface area contributed by atoms with Gasteiger partial charge in [0.1, 0.15) is 39.8 Å². The van der Waals surface area contributed by atoms with Crippen molar-refractivity contribution in [1.82, 2.24) is 30.2 Å². The quantitative estimate of drug-likeness (QED) is 0.104. The Balaban J connectivity index is 1.21. The molecule has 1 saturated heterocycles. The number of carbonyl (C=O) groups excluding carboxylic acids is 4. The number of sulfonamides is 1. The van der Waals surface area contributed by atoms with E-state index in [-0.39, 0.29) is 54.5 Å². The fourth-order valence-corrected chi connectivity index (χ4v) is 10.4. The van der Waals surface area contributed by atoms with Gasteiger partial charge in [0.05, 0.1) is 30.6 Å². The molecule has 0 radical (unpaired) electrons. The number of allylic oxidation sites excluding steroid dienone is 1. The van der Waals surface area contributed by atoms with Crippen LogP contribution >= 0.6 is 11.3 Å². The fraction of sp³-hybridized carbons (Fsp3) is 0.478. The van der Waals surface area contributed by atoms with Crippen LogP contribution in [0.15, 0.2) is 71.0 Å². The van der Waals surface area contributed by atoms with Crippen molar-refractivity contribution in [3.8, 4) is 22.9 Å². The lowest BCUT2D eigenvalue weighted by Gasteiger charge is -2.29. The van der Waals surface area contributed by atoms with Gasteiger partial charge >= 0.3 is 0 Å². The number of methoxy groups -OCH3 is 1. The SMILES string of the molecule is COc1ccc2c(O[C@@H]3C[C@@H](C(=O)N[C@]45CC4/C=C\CCCCCNc4ccccc4S(=O)(=O)NC5=O)N(C(=O)C[C@@H](NC(C)=O)C(C)C)C3)cc(-c3csc(NC(C)C)n3)nc2c1. The first-order valence-corrected chi connectivity index (χ1v) is 24.3. The number of carbonyl (C=O) groups is 4. The summed E-state index contributed by atoms with van der Waals surface area (Å²) in [7, 11) is -2.80. The summed E-state index contributed by atoms with van der Waals surface area (Å²) >= 11 is 1.45. The summed E-state index contributed by atoms with van der Waals surface area (Å²) in [5.74, 6) is -1.71. The number of hydrogen-bond acceptors (Lipinski definition) is 13. The highest BCUT2D eigenvalue weighted by Crippen LogP contribution is 2.46. The van der Waals surface area contributed by atoms with Crippen LogP contribution in [0.3, 0.4) is 0 Å². The highest BCUT2D eigenvalue weighted by molar-refractivity contribution is 7.90. The summed E-state index contributed by atoms with van der Waals surface area (Å²) < 4.78 is 42.3. The number of amides is 4. The van der Waals surface area contributed by atoms with E-state index in [2.05, 4.69) is 26.0 Å². The first kappa shape index (κ1) is 46.2. The largest absolute Gasteiger partial charge is 0.497 e. The molecule has 4 aromatic rings. The minimum absolute atomic E-state index is 0.0109. The first-order valence-electron chi connectivity index (χ1n) is 21.9. The summed E-state index contributed by atoms with van der Waals surface area (Å²) in [6, 6.07) is 12.2. The molecule has 3 aliphatic rings. The van der Waals surface area contributed by atoms with Gasteiger partial charge in [-0.1, -0.05) is 44.6 Å². The van der Waals surface area contributed by atoms with Gasteiger partial charge in [-0.3, -0.25) is 19.2 Å². The molecular weight excluding hydrogens is 857 g/mol. The van der Waals surface area contributed by atoms with Crippen molar-refractivity contribution in [1.29, 1.82) is 0 Å². The summed E-state index contributed by atoms with van der Waals surface area (Å²) in [5, 5.41) is 15.7.